The van der Waals surface area contributed by atoms with Crippen LogP contribution in [0.15, 0.2) is 0 Å². The van der Waals surface area contributed by atoms with Crippen molar-refractivity contribution in [3.8, 4) is 0 Å². The fraction of sp³-hybridized carbons (Fsp3) is 1.00. The molecule has 31 heavy (non-hydrogen) atoms. The SMILES string of the molecule is O=P1(OCC(CCl)(CBr)CBr)OCC2(CO1)COP(=O)(OCC(CCl)(CBr)CBr)OC2. The molecule has 2 aliphatic rings. The van der Waals surface area contributed by atoms with E-state index in [0.717, 1.165) is 0 Å². The molecule has 0 saturated carbocycles. The molecule has 0 bridgehead atoms. The van der Waals surface area contributed by atoms with E-state index in [1.54, 1.807) is 0 Å². The van der Waals surface area contributed by atoms with Gasteiger partial charge in [-0.3, -0.25) is 27.1 Å². The molecule has 0 aromatic heterocycles. The molecule has 0 radical (unpaired) electrons. The van der Waals surface area contributed by atoms with Gasteiger partial charge in [-0.25, -0.2) is 9.13 Å². The molecule has 184 valence electrons. The molecule has 0 amide bonds. The molecule has 0 atom stereocenters. The van der Waals surface area contributed by atoms with Gasteiger partial charge in [0.05, 0.1) is 45.1 Å². The highest BCUT2D eigenvalue weighted by atomic mass is 79.9. The highest BCUT2D eigenvalue weighted by molar-refractivity contribution is 9.10. The average Bonchev–Trinajstić information content (AvgIpc) is 2.81. The van der Waals surface area contributed by atoms with Crippen LogP contribution in [0, 0.1) is 16.2 Å². The monoisotopic (exact) mass is 780 g/mol. The van der Waals surface area contributed by atoms with E-state index in [1.165, 1.54) is 0 Å². The van der Waals surface area contributed by atoms with Crippen LogP contribution in [0.2, 0.25) is 0 Å². The van der Waals surface area contributed by atoms with E-state index in [1.807, 2.05) is 0 Å². The lowest BCUT2D eigenvalue weighted by atomic mass is 9.93. The van der Waals surface area contributed by atoms with Crippen LogP contribution in [-0.2, 0) is 36.3 Å². The maximum atomic E-state index is 12.8. The van der Waals surface area contributed by atoms with E-state index < -0.39 is 31.9 Å². The van der Waals surface area contributed by atoms with Gasteiger partial charge in [-0.15, -0.1) is 23.2 Å². The Bertz CT molecular complexity index is 583. The van der Waals surface area contributed by atoms with Crippen molar-refractivity contribution in [1.29, 1.82) is 0 Å². The van der Waals surface area contributed by atoms with Crippen molar-refractivity contribution in [3.63, 3.8) is 0 Å². The number of phosphoric acid groups is 2. The first-order valence-corrected chi connectivity index (χ1v) is 17.5. The molecule has 0 aromatic rings. The molecule has 0 unspecified atom stereocenters. The van der Waals surface area contributed by atoms with E-state index in [0.29, 0.717) is 33.1 Å². The van der Waals surface area contributed by atoms with E-state index in [9.17, 15) is 9.13 Å². The minimum Gasteiger partial charge on any atom is -0.286 e. The van der Waals surface area contributed by atoms with Crippen LogP contribution < -0.4 is 0 Å². The summed E-state index contributed by atoms with van der Waals surface area (Å²) < 4.78 is 58.3. The lowest BCUT2D eigenvalue weighted by Gasteiger charge is -2.42. The van der Waals surface area contributed by atoms with E-state index in [-0.39, 0.29) is 39.6 Å². The standard InChI is InChI=1S/C15H24Br4Cl2O8P2/c16-1-13(2-17,5-20)7-24-30(22)26-9-15(10-27-30)11-28-31(23,29-12-15)25-8-14(3-18,4-19)6-21/h1-12H2. The highest BCUT2D eigenvalue weighted by Gasteiger charge is 2.51. The summed E-state index contributed by atoms with van der Waals surface area (Å²) in [7, 11) is -7.52. The Morgan fingerprint density at radius 2 is 1.00 bits per heavy atom. The Labute approximate surface area is 226 Å². The summed E-state index contributed by atoms with van der Waals surface area (Å²) in [5.41, 5.74) is -1.67. The lowest BCUT2D eigenvalue weighted by Crippen LogP contribution is -2.46. The van der Waals surface area contributed by atoms with Gasteiger partial charge in [-0.1, -0.05) is 63.7 Å². The highest BCUT2D eigenvalue weighted by Crippen LogP contribution is 2.60. The van der Waals surface area contributed by atoms with Crippen molar-refractivity contribution in [1.82, 2.24) is 0 Å². The molecule has 2 rings (SSSR count). The smallest absolute Gasteiger partial charge is 0.286 e. The zero-order chi connectivity index (χ0) is 23.2. The quantitative estimate of drug-likeness (QED) is 0.167. The summed E-state index contributed by atoms with van der Waals surface area (Å²) in [6, 6.07) is 0. The zero-order valence-corrected chi connectivity index (χ0v) is 26.1. The maximum Gasteiger partial charge on any atom is 0.474 e. The van der Waals surface area contributed by atoms with Gasteiger partial charge < -0.3 is 0 Å². The largest absolute Gasteiger partial charge is 0.474 e. The van der Waals surface area contributed by atoms with E-state index >= 15 is 0 Å². The van der Waals surface area contributed by atoms with Crippen LogP contribution in [0.4, 0.5) is 0 Å². The second-order valence-corrected chi connectivity index (χ2v) is 14.0. The van der Waals surface area contributed by atoms with Crippen LogP contribution in [0.25, 0.3) is 0 Å². The third-order valence-electron chi connectivity index (χ3n) is 4.87. The van der Waals surface area contributed by atoms with Crippen molar-refractivity contribution in [3.05, 3.63) is 0 Å². The van der Waals surface area contributed by atoms with Gasteiger partial charge in [0.1, 0.15) is 0 Å². The second kappa shape index (κ2) is 12.8. The molecule has 2 fully saturated rings. The molecule has 0 N–H and O–H groups in total. The van der Waals surface area contributed by atoms with Crippen molar-refractivity contribution in [2.45, 2.75) is 0 Å². The van der Waals surface area contributed by atoms with Crippen molar-refractivity contribution in [2.75, 3.05) is 72.7 Å². The molecule has 2 heterocycles. The Balaban J connectivity index is 1.88. The summed E-state index contributed by atoms with van der Waals surface area (Å²) in [6.07, 6.45) is 0. The van der Waals surface area contributed by atoms with Gasteiger partial charge in [-0.2, -0.15) is 0 Å². The minimum atomic E-state index is -3.76. The van der Waals surface area contributed by atoms with Gasteiger partial charge in [0.15, 0.2) is 0 Å². The number of rotatable bonds is 12. The first-order chi connectivity index (χ1) is 14.6. The number of hydrogen-bond donors (Lipinski definition) is 0. The normalized spacial score (nSPS) is 32.5. The van der Waals surface area contributed by atoms with Crippen LogP contribution in [-0.4, -0.2) is 72.7 Å². The molecule has 2 aliphatic heterocycles. The molecule has 2 saturated heterocycles. The third-order valence-corrected chi connectivity index (χ3v) is 13.4. The molecule has 1 spiro atoms. The Morgan fingerprint density at radius 1 is 0.710 bits per heavy atom. The van der Waals surface area contributed by atoms with Gasteiger partial charge in [0.2, 0.25) is 0 Å². The Hall–Kier alpha value is 2.72. The summed E-state index contributed by atoms with van der Waals surface area (Å²) >= 11 is 25.6. The third kappa shape index (κ3) is 7.85. The van der Waals surface area contributed by atoms with Crippen LogP contribution in [0.1, 0.15) is 0 Å². The van der Waals surface area contributed by atoms with Crippen LogP contribution in [0.5, 0.6) is 0 Å². The van der Waals surface area contributed by atoms with Gasteiger partial charge in [-0.05, 0) is 0 Å². The van der Waals surface area contributed by atoms with Crippen molar-refractivity contribution < 1.29 is 36.3 Å². The first-order valence-electron chi connectivity index (χ1n) is 9.04. The van der Waals surface area contributed by atoms with Crippen molar-refractivity contribution in [2.24, 2.45) is 16.2 Å². The minimum absolute atomic E-state index is 0.00477. The Kier molecular flexibility index (Phi) is 12.4. The number of halogens is 6. The molecule has 8 nitrogen and oxygen atoms in total. The molecule has 0 aliphatic carbocycles. The molecule has 16 heteroatoms. The topological polar surface area (TPSA) is 89.5 Å². The zero-order valence-electron chi connectivity index (χ0n) is 16.4. The first kappa shape index (κ1) is 29.9. The summed E-state index contributed by atoms with van der Waals surface area (Å²) in [6.45, 7) is 0.141. The lowest BCUT2D eigenvalue weighted by molar-refractivity contribution is -0.0983. The fourth-order valence-electron chi connectivity index (χ4n) is 2.22. The summed E-state index contributed by atoms with van der Waals surface area (Å²) in [4.78, 5) is 0. The number of phosphoric ester groups is 2. The van der Waals surface area contributed by atoms with Gasteiger partial charge in [0, 0.05) is 43.9 Å². The molecular formula is C15H24Br4Cl2O8P2. The average molecular weight is 785 g/mol. The van der Waals surface area contributed by atoms with Crippen LogP contribution in [0.3, 0.4) is 0 Å². The Morgan fingerprint density at radius 3 is 1.23 bits per heavy atom. The molecular weight excluding hydrogens is 761 g/mol. The predicted octanol–water partition coefficient (Wildman–Crippen LogP) is 6.35. The van der Waals surface area contributed by atoms with Gasteiger partial charge in [0.25, 0.3) is 0 Å². The summed E-state index contributed by atoms with van der Waals surface area (Å²) in [5.74, 6) is 0.582. The van der Waals surface area contributed by atoms with Crippen molar-refractivity contribution >= 4 is 103 Å². The fourth-order valence-corrected chi connectivity index (χ4v) is 10.00. The summed E-state index contributed by atoms with van der Waals surface area (Å²) in [5, 5.41) is 2.19. The number of alkyl halides is 6. The van der Waals surface area contributed by atoms with E-state index in [4.69, 9.17) is 50.3 Å². The molecule has 0 aromatic carbocycles. The van der Waals surface area contributed by atoms with Gasteiger partial charge >= 0.3 is 15.6 Å². The number of hydrogen-bond acceptors (Lipinski definition) is 8. The predicted molar refractivity (Wildman–Crippen MR) is 135 cm³/mol. The maximum absolute atomic E-state index is 12.8. The van der Waals surface area contributed by atoms with E-state index in [2.05, 4.69) is 63.7 Å². The van der Waals surface area contributed by atoms with Crippen LogP contribution >= 0.6 is 103 Å². The second-order valence-electron chi connectivity index (χ2n) is 7.84.